The normalized spacial score (nSPS) is 16.2. The number of pyridine rings is 1. The van der Waals surface area contributed by atoms with Crippen LogP contribution in [0.2, 0.25) is 10.0 Å². The average Bonchev–Trinajstić information content (AvgIpc) is 3.20. The predicted octanol–water partition coefficient (Wildman–Crippen LogP) is 4.39. The van der Waals surface area contributed by atoms with E-state index in [0.717, 1.165) is 13.0 Å². The van der Waals surface area contributed by atoms with Crippen LogP contribution in [0.15, 0.2) is 36.9 Å². The number of anilines is 1. The van der Waals surface area contributed by atoms with Crippen molar-refractivity contribution in [2.24, 2.45) is 5.73 Å². The highest BCUT2D eigenvalue weighted by molar-refractivity contribution is 6.35. The summed E-state index contributed by atoms with van der Waals surface area (Å²) in [5.41, 5.74) is 8.04. The van der Waals surface area contributed by atoms with E-state index in [-0.39, 0.29) is 21.8 Å². The van der Waals surface area contributed by atoms with Crippen molar-refractivity contribution in [3.63, 3.8) is 0 Å². The molecule has 0 aliphatic carbocycles. The summed E-state index contributed by atoms with van der Waals surface area (Å²) in [7, 11) is 0. The van der Waals surface area contributed by atoms with Gasteiger partial charge < -0.3 is 9.64 Å². The quantitative estimate of drug-likeness (QED) is 0.374. The Morgan fingerprint density at radius 3 is 2.62 bits per heavy atom. The van der Waals surface area contributed by atoms with Crippen LogP contribution in [0.5, 0.6) is 5.75 Å². The molecule has 1 aliphatic heterocycles. The number of nitrogens with zero attached hydrogens (tertiary/aromatic N) is 6. The molecule has 0 unspecified atom stereocenters. The molecule has 1 saturated heterocycles. The van der Waals surface area contributed by atoms with E-state index in [4.69, 9.17) is 38.9 Å². The van der Waals surface area contributed by atoms with Crippen LogP contribution in [0.25, 0.3) is 22.2 Å². The first kappa shape index (κ1) is 22.3. The van der Waals surface area contributed by atoms with Crippen molar-refractivity contribution in [3.05, 3.63) is 58.3 Å². The third-order valence-corrected chi connectivity index (χ3v) is 6.29. The molecule has 1 aliphatic rings. The van der Waals surface area contributed by atoms with Crippen molar-refractivity contribution in [2.45, 2.75) is 25.1 Å². The van der Waals surface area contributed by atoms with Crippen molar-refractivity contribution in [2.75, 3.05) is 11.4 Å². The number of benzene rings is 1. The van der Waals surface area contributed by atoms with E-state index in [0.29, 0.717) is 40.1 Å². The van der Waals surface area contributed by atoms with Gasteiger partial charge in [0.2, 0.25) is 5.95 Å². The number of ether oxygens (including phenoxy) is 1. The van der Waals surface area contributed by atoms with Crippen LogP contribution in [0.1, 0.15) is 24.6 Å². The molecule has 1 aromatic carbocycles. The summed E-state index contributed by atoms with van der Waals surface area (Å²) in [4.78, 5) is 14.7. The largest absolute Gasteiger partial charge is 0.468 e. The summed E-state index contributed by atoms with van der Waals surface area (Å²) >= 11 is 12.3. The zero-order valence-corrected chi connectivity index (χ0v) is 19.1. The lowest BCUT2D eigenvalue weighted by Crippen LogP contribution is -2.48. The minimum atomic E-state index is -1.12. The van der Waals surface area contributed by atoms with Gasteiger partial charge >= 0.3 is 0 Å². The number of hydrogen-bond donors (Lipinski definition) is 2. The van der Waals surface area contributed by atoms with Gasteiger partial charge in [0.05, 0.1) is 28.1 Å². The van der Waals surface area contributed by atoms with Gasteiger partial charge in [-0.25, -0.2) is 14.4 Å². The molecule has 34 heavy (non-hydrogen) atoms. The lowest BCUT2D eigenvalue weighted by molar-refractivity contribution is 0.205. The second-order valence-electron chi connectivity index (χ2n) is 7.73. The molecular weight excluding hydrogens is 482 g/mol. The molecule has 4 aromatic rings. The first-order chi connectivity index (χ1) is 16.5. The molecule has 3 N–H and O–H groups in total. The van der Waals surface area contributed by atoms with Gasteiger partial charge in [-0.3, -0.25) is 15.8 Å². The number of nitrogens with two attached hydrogens (primary N) is 1. The van der Waals surface area contributed by atoms with Crippen LogP contribution in [0, 0.1) is 17.1 Å². The molecule has 172 valence electrons. The van der Waals surface area contributed by atoms with Crippen LogP contribution in [0.4, 0.5) is 10.3 Å². The van der Waals surface area contributed by atoms with Gasteiger partial charge in [-0.15, -0.1) is 0 Å². The van der Waals surface area contributed by atoms with Crippen LogP contribution >= 0.6 is 23.2 Å². The van der Waals surface area contributed by atoms with Gasteiger partial charge in [0.15, 0.2) is 17.8 Å². The van der Waals surface area contributed by atoms with Crippen molar-refractivity contribution in [1.29, 1.82) is 5.26 Å². The van der Waals surface area contributed by atoms with Crippen LogP contribution in [-0.4, -0.2) is 37.7 Å². The Bertz CT molecular complexity index is 1380. The number of aromatic amines is 1. The van der Waals surface area contributed by atoms with E-state index in [1.807, 2.05) is 4.90 Å². The number of nitriles is 1. The first-order valence-electron chi connectivity index (χ1n) is 10.3. The fourth-order valence-corrected chi connectivity index (χ4v) is 4.41. The van der Waals surface area contributed by atoms with Gasteiger partial charge in [-0.05, 0) is 12.5 Å². The number of fused-ring (bicyclic) bond motifs is 1. The molecule has 0 amide bonds. The highest BCUT2D eigenvalue weighted by Gasteiger charge is 2.29. The number of halogens is 3. The molecule has 1 fully saturated rings. The summed E-state index contributed by atoms with van der Waals surface area (Å²) in [6, 6.07) is 5.09. The number of nitrogens with one attached hydrogen (secondary N) is 1. The van der Waals surface area contributed by atoms with Crippen LogP contribution in [-0.2, 0) is 0 Å². The third kappa shape index (κ3) is 3.98. The van der Waals surface area contributed by atoms with E-state index in [9.17, 15) is 4.39 Å². The minimum Gasteiger partial charge on any atom is -0.468 e. The monoisotopic (exact) mass is 498 g/mol. The lowest BCUT2D eigenvalue weighted by atomic mass is 10.0. The van der Waals surface area contributed by atoms with Gasteiger partial charge in [-0.2, -0.15) is 10.4 Å². The van der Waals surface area contributed by atoms with Gasteiger partial charge in [0, 0.05) is 60.0 Å². The zero-order chi connectivity index (χ0) is 23.8. The number of aromatic nitrogens is 5. The summed E-state index contributed by atoms with van der Waals surface area (Å²) in [5, 5.41) is 17.1. The summed E-state index contributed by atoms with van der Waals surface area (Å²) < 4.78 is 20.4. The summed E-state index contributed by atoms with van der Waals surface area (Å²) in [6.45, 7) is 0.808. The fourth-order valence-electron chi connectivity index (χ4n) is 3.83. The zero-order valence-electron chi connectivity index (χ0n) is 17.5. The van der Waals surface area contributed by atoms with Crippen molar-refractivity contribution in [1.82, 2.24) is 25.1 Å². The number of rotatable bonds is 6. The third-order valence-electron chi connectivity index (χ3n) is 5.68. The van der Waals surface area contributed by atoms with E-state index in [2.05, 4.69) is 31.2 Å². The topological polar surface area (TPSA) is 130 Å². The van der Waals surface area contributed by atoms with Crippen LogP contribution in [0.3, 0.4) is 0 Å². The highest BCUT2D eigenvalue weighted by Crippen LogP contribution is 2.35. The molecule has 5 rings (SSSR count). The van der Waals surface area contributed by atoms with E-state index in [1.54, 1.807) is 12.4 Å². The summed E-state index contributed by atoms with van der Waals surface area (Å²) in [5.74, 6) is -0.168. The average molecular weight is 499 g/mol. The van der Waals surface area contributed by atoms with Gasteiger partial charge in [0.1, 0.15) is 5.69 Å². The van der Waals surface area contributed by atoms with Crippen molar-refractivity contribution in [3.8, 4) is 23.1 Å². The molecule has 3 aromatic heterocycles. The van der Waals surface area contributed by atoms with E-state index >= 15 is 0 Å². The standard InChI is InChI=1S/C22H17Cl2FN8O/c23-14-9-28-10-15(24)19(14)21(27)34-18-5-13-17(6-16(18)25)31-32-20(13)11-7-29-22(30-8-11)33-4-2-12(33)1-3-26/h5-10,12,21H,1-2,4,27H2,(H,31,32)/t12-,21+/m1/s1. The Labute approximate surface area is 203 Å². The fraction of sp³-hybridized carbons (Fsp3) is 0.227. The molecule has 9 nitrogen and oxygen atoms in total. The maximum absolute atomic E-state index is 14.7. The Morgan fingerprint density at radius 1 is 1.24 bits per heavy atom. The SMILES string of the molecule is N#CC[C@@H]1CCN1c1ncc(-c2n[nH]c3cc(F)c(O[C@H](N)c4c(Cl)cncc4Cl)cc23)cn1. The van der Waals surface area contributed by atoms with E-state index < -0.39 is 12.0 Å². The second kappa shape index (κ2) is 9.02. The number of H-pyrrole nitrogens is 1. The molecule has 0 radical (unpaired) electrons. The Kier molecular flexibility index (Phi) is 5.91. The molecular formula is C22H17Cl2FN8O. The highest BCUT2D eigenvalue weighted by atomic mass is 35.5. The first-order valence-corrected chi connectivity index (χ1v) is 11.1. The lowest BCUT2D eigenvalue weighted by Gasteiger charge is -2.39. The molecule has 0 bridgehead atoms. The predicted molar refractivity (Wildman–Crippen MR) is 125 cm³/mol. The second-order valence-corrected chi connectivity index (χ2v) is 8.54. The maximum atomic E-state index is 14.7. The minimum absolute atomic E-state index is 0.0935. The smallest absolute Gasteiger partial charge is 0.225 e. The Hall–Kier alpha value is -3.52. The molecule has 12 heteroatoms. The molecule has 0 spiro atoms. The van der Waals surface area contributed by atoms with Crippen molar-refractivity contribution < 1.29 is 9.13 Å². The Balaban J connectivity index is 1.44. The van der Waals surface area contributed by atoms with Gasteiger partial charge in [-0.1, -0.05) is 23.2 Å². The number of hydrogen-bond acceptors (Lipinski definition) is 8. The molecule has 0 saturated carbocycles. The van der Waals surface area contributed by atoms with Crippen LogP contribution < -0.4 is 15.4 Å². The van der Waals surface area contributed by atoms with Gasteiger partial charge in [0.25, 0.3) is 0 Å². The molecule has 4 heterocycles. The van der Waals surface area contributed by atoms with Crippen molar-refractivity contribution >= 4 is 40.1 Å². The Morgan fingerprint density at radius 2 is 1.97 bits per heavy atom. The molecule has 2 atom stereocenters. The van der Waals surface area contributed by atoms with E-state index in [1.165, 1.54) is 24.5 Å². The maximum Gasteiger partial charge on any atom is 0.225 e. The summed E-state index contributed by atoms with van der Waals surface area (Å²) in [6.07, 6.45) is 6.30.